The number of hydrogen-bond acceptors (Lipinski definition) is 4. The Morgan fingerprint density at radius 2 is 1.62 bits per heavy atom. The minimum absolute atomic E-state index is 0.0130. The van der Waals surface area contributed by atoms with E-state index in [4.69, 9.17) is 15.9 Å². The molecule has 0 radical (unpaired) electrons. The molecule has 0 heterocycles. The molecule has 0 saturated carbocycles. The minimum atomic E-state index is -1.13. The minimum Gasteiger partial charge on any atom is -0.481 e. The second-order valence-corrected chi connectivity index (χ2v) is 5.51. The van der Waals surface area contributed by atoms with E-state index in [9.17, 15) is 9.59 Å². The van der Waals surface area contributed by atoms with Gasteiger partial charge in [-0.25, -0.2) is 4.79 Å². The summed E-state index contributed by atoms with van der Waals surface area (Å²) in [5.74, 6) is -2.19. The van der Waals surface area contributed by atoms with Gasteiger partial charge in [0.05, 0.1) is 12.0 Å². The number of aliphatic carboxylic acids is 1. The standard InChI is InChI=1S/C15H13NO4S/c16-10-1-3-11(4-2-10)21-12-5-6-13(15(19)20)9(7-12)8-14(17)18/h1-7H,8,16H2,(H,17,18)(H,19,20). The fourth-order valence-corrected chi connectivity index (χ4v) is 2.70. The van der Waals surface area contributed by atoms with Crippen molar-refractivity contribution in [3.8, 4) is 0 Å². The van der Waals surface area contributed by atoms with Gasteiger partial charge in [-0.15, -0.1) is 0 Å². The normalized spacial score (nSPS) is 10.3. The van der Waals surface area contributed by atoms with Crippen molar-refractivity contribution >= 4 is 29.4 Å². The molecule has 0 aliphatic carbocycles. The quantitative estimate of drug-likeness (QED) is 0.734. The predicted molar refractivity (Wildman–Crippen MR) is 79.7 cm³/mol. The molecule has 0 saturated heterocycles. The number of carbonyl (C=O) groups is 2. The van der Waals surface area contributed by atoms with Crippen molar-refractivity contribution in [2.75, 3.05) is 5.73 Å². The third-order valence-electron chi connectivity index (χ3n) is 2.76. The van der Waals surface area contributed by atoms with E-state index in [-0.39, 0.29) is 17.5 Å². The maximum absolute atomic E-state index is 11.1. The van der Waals surface area contributed by atoms with E-state index in [1.807, 2.05) is 12.1 Å². The molecule has 108 valence electrons. The molecule has 2 rings (SSSR count). The molecule has 0 amide bonds. The monoisotopic (exact) mass is 303 g/mol. The van der Waals surface area contributed by atoms with Gasteiger partial charge in [0.15, 0.2) is 0 Å². The van der Waals surface area contributed by atoms with E-state index >= 15 is 0 Å². The Labute approximate surface area is 125 Å². The number of benzene rings is 2. The average molecular weight is 303 g/mol. The van der Waals surface area contributed by atoms with Crippen molar-refractivity contribution in [3.63, 3.8) is 0 Å². The second kappa shape index (κ2) is 6.32. The first-order valence-corrected chi connectivity index (χ1v) is 6.89. The summed E-state index contributed by atoms with van der Waals surface area (Å²) < 4.78 is 0. The largest absolute Gasteiger partial charge is 0.481 e. The number of aromatic carboxylic acids is 1. The number of anilines is 1. The number of nitrogens with two attached hydrogens (primary N) is 1. The summed E-state index contributed by atoms with van der Waals surface area (Å²) in [4.78, 5) is 23.7. The lowest BCUT2D eigenvalue weighted by Crippen LogP contribution is -2.07. The third-order valence-corrected chi connectivity index (χ3v) is 3.76. The Hall–Kier alpha value is -2.47. The van der Waals surface area contributed by atoms with Gasteiger partial charge in [-0.2, -0.15) is 0 Å². The van der Waals surface area contributed by atoms with Gasteiger partial charge >= 0.3 is 11.9 Å². The van der Waals surface area contributed by atoms with Crippen LogP contribution in [0.25, 0.3) is 0 Å². The van der Waals surface area contributed by atoms with Crippen molar-refractivity contribution in [3.05, 3.63) is 53.6 Å². The topological polar surface area (TPSA) is 101 Å². The molecule has 0 bridgehead atoms. The van der Waals surface area contributed by atoms with E-state index in [0.717, 1.165) is 9.79 Å². The average Bonchev–Trinajstić information content (AvgIpc) is 2.40. The number of carboxylic acids is 2. The van der Waals surface area contributed by atoms with E-state index in [1.54, 1.807) is 24.3 Å². The van der Waals surface area contributed by atoms with Crippen molar-refractivity contribution in [2.45, 2.75) is 16.2 Å². The third kappa shape index (κ3) is 4.00. The van der Waals surface area contributed by atoms with Gasteiger partial charge in [-0.3, -0.25) is 4.79 Å². The van der Waals surface area contributed by atoms with Crippen LogP contribution >= 0.6 is 11.8 Å². The fraction of sp³-hybridized carbons (Fsp3) is 0.0667. The molecule has 4 N–H and O–H groups in total. The predicted octanol–water partition coefficient (Wildman–Crippen LogP) is 2.75. The first-order valence-electron chi connectivity index (χ1n) is 6.07. The maximum Gasteiger partial charge on any atom is 0.335 e. The van der Waals surface area contributed by atoms with Crippen molar-refractivity contribution < 1.29 is 19.8 Å². The van der Waals surface area contributed by atoms with Gasteiger partial charge in [-0.05, 0) is 48.0 Å². The highest BCUT2D eigenvalue weighted by Gasteiger charge is 2.13. The highest BCUT2D eigenvalue weighted by molar-refractivity contribution is 7.99. The summed E-state index contributed by atoms with van der Waals surface area (Å²) >= 11 is 1.42. The maximum atomic E-state index is 11.1. The van der Waals surface area contributed by atoms with Crippen LogP contribution in [-0.4, -0.2) is 22.2 Å². The van der Waals surface area contributed by atoms with Crippen molar-refractivity contribution in [2.24, 2.45) is 0 Å². The summed E-state index contributed by atoms with van der Waals surface area (Å²) in [6.45, 7) is 0. The Morgan fingerprint density at radius 1 is 1.00 bits per heavy atom. The van der Waals surface area contributed by atoms with Crippen LogP contribution in [0, 0.1) is 0 Å². The molecule has 5 nitrogen and oxygen atoms in total. The van der Waals surface area contributed by atoms with Crippen LogP contribution in [0.5, 0.6) is 0 Å². The summed E-state index contributed by atoms with van der Waals surface area (Å²) in [6, 6.07) is 11.9. The number of nitrogen functional groups attached to an aromatic ring is 1. The molecule has 0 spiro atoms. The number of rotatable bonds is 5. The lowest BCUT2D eigenvalue weighted by atomic mass is 10.1. The Morgan fingerprint density at radius 3 is 2.19 bits per heavy atom. The van der Waals surface area contributed by atoms with Crippen LogP contribution < -0.4 is 5.73 Å². The zero-order chi connectivity index (χ0) is 15.4. The van der Waals surface area contributed by atoms with E-state index in [1.165, 1.54) is 17.8 Å². The first-order chi connectivity index (χ1) is 9.95. The highest BCUT2D eigenvalue weighted by Crippen LogP contribution is 2.30. The highest BCUT2D eigenvalue weighted by atomic mass is 32.2. The molecular formula is C15H13NO4S. The Balaban J connectivity index is 2.30. The lowest BCUT2D eigenvalue weighted by Gasteiger charge is -2.07. The molecule has 2 aromatic rings. The number of carboxylic acid groups (broad SMARTS) is 2. The van der Waals surface area contributed by atoms with Crippen molar-refractivity contribution in [1.82, 2.24) is 0 Å². The molecule has 0 atom stereocenters. The van der Waals surface area contributed by atoms with Gasteiger partial charge in [-0.1, -0.05) is 11.8 Å². The fourth-order valence-electron chi connectivity index (χ4n) is 1.82. The molecule has 0 aliphatic heterocycles. The van der Waals surface area contributed by atoms with Gasteiger partial charge < -0.3 is 15.9 Å². The van der Waals surface area contributed by atoms with Crippen LogP contribution in [0.15, 0.2) is 52.3 Å². The summed E-state index contributed by atoms with van der Waals surface area (Å²) in [6.07, 6.45) is -0.322. The molecule has 2 aromatic carbocycles. The molecule has 0 unspecified atom stereocenters. The van der Waals surface area contributed by atoms with Gasteiger partial charge in [0.25, 0.3) is 0 Å². The van der Waals surface area contributed by atoms with Gasteiger partial charge in [0, 0.05) is 15.5 Å². The van der Waals surface area contributed by atoms with E-state index in [2.05, 4.69) is 0 Å². The first kappa shape index (κ1) is 14.9. The summed E-state index contributed by atoms with van der Waals surface area (Å²) in [5.41, 5.74) is 6.57. The molecular weight excluding hydrogens is 290 g/mol. The SMILES string of the molecule is Nc1ccc(Sc2ccc(C(=O)O)c(CC(=O)O)c2)cc1. The van der Waals surface area contributed by atoms with E-state index in [0.29, 0.717) is 5.69 Å². The van der Waals surface area contributed by atoms with Crippen LogP contribution in [-0.2, 0) is 11.2 Å². The van der Waals surface area contributed by atoms with Crippen molar-refractivity contribution in [1.29, 1.82) is 0 Å². The molecule has 0 aromatic heterocycles. The Kier molecular flexibility index (Phi) is 4.49. The molecule has 21 heavy (non-hydrogen) atoms. The van der Waals surface area contributed by atoms with Gasteiger partial charge in [0.2, 0.25) is 0 Å². The zero-order valence-electron chi connectivity index (χ0n) is 10.9. The van der Waals surface area contributed by atoms with Crippen LogP contribution in [0.3, 0.4) is 0 Å². The molecule has 6 heteroatoms. The van der Waals surface area contributed by atoms with Crippen LogP contribution in [0.1, 0.15) is 15.9 Å². The van der Waals surface area contributed by atoms with Crippen LogP contribution in [0.4, 0.5) is 5.69 Å². The zero-order valence-corrected chi connectivity index (χ0v) is 11.8. The lowest BCUT2D eigenvalue weighted by molar-refractivity contribution is -0.136. The second-order valence-electron chi connectivity index (χ2n) is 4.37. The molecule has 0 aliphatic rings. The summed E-state index contributed by atoms with van der Waals surface area (Å²) in [5, 5.41) is 17.9. The van der Waals surface area contributed by atoms with Gasteiger partial charge in [0.1, 0.15) is 0 Å². The van der Waals surface area contributed by atoms with Crippen LogP contribution in [0.2, 0.25) is 0 Å². The molecule has 0 fully saturated rings. The van der Waals surface area contributed by atoms with E-state index < -0.39 is 11.9 Å². The number of hydrogen-bond donors (Lipinski definition) is 3. The Bertz CT molecular complexity index is 683. The summed E-state index contributed by atoms with van der Waals surface area (Å²) in [7, 11) is 0. The smallest absolute Gasteiger partial charge is 0.335 e.